The molecular formula is C28H32FN3O5. The molecule has 2 aromatic rings. The lowest BCUT2D eigenvalue weighted by Crippen LogP contribution is -2.54. The van der Waals surface area contributed by atoms with Crippen LogP contribution in [0.25, 0.3) is 0 Å². The van der Waals surface area contributed by atoms with Crippen LogP contribution < -0.4 is 10.3 Å². The normalized spacial score (nSPS) is 28.8. The smallest absolute Gasteiger partial charge is 0.309 e. The first-order valence-electron chi connectivity index (χ1n) is 13.1. The Morgan fingerprint density at radius 3 is 2.65 bits per heavy atom. The maximum atomic E-state index is 14.9. The number of nitrogens with zero attached hydrogens (tertiary/aromatic N) is 3. The number of ether oxygens (including phenoxy) is 2. The molecule has 3 unspecified atom stereocenters. The van der Waals surface area contributed by atoms with Gasteiger partial charge in [-0.3, -0.25) is 19.5 Å². The maximum absolute atomic E-state index is 14.9. The van der Waals surface area contributed by atoms with E-state index in [9.17, 15) is 19.1 Å². The van der Waals surface area contributed by atoms with Gasteiger partial charge in [-0.05, 0) is 57.0 Å². The predicted octanol–water partition coefficient (Wildman–Crippen LogP) is 3.51. The quantitative estimate of drug-likeness (QED) is 0.637. The van der Waals surface area contributed by atoms with Crippen LogP contribution in [-0.2, 0) is 33.8 Å². The summed E-state index contributed by atoms with van der Waals surface area (Å²) in [6, 6.07) is 4.98. The first-order valence-corrected chi connectivity index (χ1v) is 13.1. The topological polar surface area (TPSA) is 93.4 Å². The SMILES string of the molecule is CCC1(O)CC(=O)OCc2c1cc1n(c2=O)CC2C1=Nc1cc(F)c(OC)cc1C2(C)N1CCCCC1. The number of cyclic esters (lactones) is 1. The van der Waals surface area contributed by atoms with E-state index in [2.05, 4.69) is 11.8 Å². The lowest BCUT2D eigenvalue weighted by Gasteiger charge is -2.49. The van der Waals surface area contributed by atoms with Gasteiger partial charge in [0, 0.05) is 24.1 Å². The van der Waals surface area contributed by atoms with Crippen LogP contribution in [0.1, 0.15) is 68.3 Å². The Labute approximate surface area is 214 Å². The van der Waals surface area contributed by atoms with Crippen molar-refractivity contribution < 1.29 is 23.8 Å². The monoisotopic (exact) mass is 509 g/mol. The highest BCUT2D eigenvalue weighted by molar-refractivity contribution is 6.06. The van der Waals surface area contributed by atoms with E-state index in [-0.39, 0.29) is 36.7 Å². The zero-order valence-electron chi connectivity index (χ0n) is 21.5. The Kier molecular flexibility index (Phi) is 5.58. The van der Waals surface area contributed by atoms with Crippen molar-refractivity contribution in [2.75, 3.05) is 20.2 Å². The zero-order chi connectivity index (χ0) is 26.1. The van der Waals surface area contributed by atoms with Crippen molar-refractivity contribution in [1.82, 2.24) is 9.47 Å². The number of carbonyl (C=O) groups is 1. The molecule has 0 saturated carbocycles. The number of methoxy groups -OCH3 is 1. The summed E-state index contributed by atoms with van der Waals surface area (Å²) in [5.41, 5.74) is 1.14. The van der Waals surface area contributed by atoms with Gasteiger partial charge in [0.25, 0.3) is 5.56 Å². The molecule has 4 aliphatic heterocycles. The molecule has 9 heteroatoms. The van der Waals surface area contributed by atoms with Gasteiger partial charge in [-0.1, -0.05) is 13.3 Å². The molecule has 1 fully saturated rings. The number of hydrogen-bond donors (Lipinski definition) is 1. The average molecular weight is 510 g/mol. The van der Waals surface area contributed by atoms with E-state index in [1.165, 1.54) is 19.6 Å². The van der Waals surface area contributed by atoms with Gasteiger partial charge in [0.15, 0.2) is 11.6 Å². The summed E-state index contributed by atoms with van der Waals surface area (Å²) in [6.45, 7) is 5.97. The number of hydrogen-bond acceptors (Lipinski definition) is 7. The fraction of sp³-hybridized carbons (Fsp3) is 0.536. The Hall–Kier alpha value is -3.04. The number of rotatable bonds is 3. The zero-order valence-corrected chi connectivity index (χ0v) is 21.5. The van der Waals surface area contributed by atoms with Crippen LogP contribution in [0.3, 0.4) is 0 Å². The van der Waals surface area contributed by atoms with Gasteiger partial charge in [0.05, 0.1) is 41.7 Å². The number of pyridine rings is 1. The lowest BCUT2D eigenvalue weighted by molar-refractivity contribution is -0.149. The van der Waals surface area contributed by atoms with Gasteiger partial charge in [-0.2, -0.15) is 0 Å². The molecule has 196 valence electrons. The standard InChI is InChI=1S/C28H32FN3O5/c1-4-28(35)13-24(33)37-15-16-17(28)10-22-25-19(14-32(22)26(16)34)27(2,31-8-6-5-7-9-31)18-11-23(36-3)20(29)12-21(18)30-25/h10-12,19,35H,4-9,13-15H2,1-3H3. The van der Waals surface area contributed by atoms with Crippen molar-refractivity contribution in [2.45, 2.75) is 70.2 Å². The summed E-state index contributed by atoms with van der Waals surface area (Å²) in [4.78, 5) is 33.4. The molecular weight excluding hydrogens is 477 g/mol. The number of aliphatic imine (C=N–C) groups is 1. The number of esters is 1. The third-order valence-electron chi connectivity index (χ3n) is 9.01. The van der Waals surface area contributed by atoms with E-state index in [0.717, 1.165) is 31.5 Å². The number of piperidine rings is 1. The Bertz CT molecular complexity index is 1400. The molecule has 1 aromatic carbocycles. The van der Waals surface area contributed by atoms with Crippen LogP contribution in [0.15, 0.2) is 28.0 Å². The first-order chi connectivity index (χ1) is 17.7. The lowest BCUT2D eigenvalue weighted by atomic mass is 9.72. The van der Waals surface area contributed by atoms with E-state index in [0.29, 0.717) is 34.8 Å². The second-order valence-corrected chi connectivity index (χ2v) is 10.8. The van der Waals surface area contributed by atoms with Crippen LogP contribution in [0, 0.1) is 11.7 Å². The molecule has 1 saturated heterocycles. The number of aliphatic hydroxyl groups is 1. The van der Waals surface area contributed by atoms with Crippen LogP contribution in [0.5, 0.6) is 5.75 Å². The highest BCUT2D eigenvalue weighted by Gasteiger charge is 2.52. The molecule has 0 spiro atoms. The van der Waals surface area contributed by atoms with Crippen LogP contribution >= 0.6 is 0 Å². The van der Waals surface area contributed by atoms with Gasteiger partial charge >= 0.3 is 5.97 Å². The minimum absolute atomic E-state index is 0.163. The average Bonchev–Trinajstić information content (AvgIpc) is 3.21. The molecule has 1 N–H and O–H groups in total. The van der Waals surface area contributed by atoms with Gasteiger partial charge in [0.1, 0.15) is 12.2 Å². The largest absolute Gasteiger partial charge is 0.494 e. The fourth-order valence-electron chi connectivity index (χ4n) is 6.78. The number of aromatic nitrogens is 1. The van der Waals surface area contributed by atoms with Gasteiger partial charge in [0.2, 0.25) is 0 Å². The van der Waals surface area contributed by atoms with Crippen LogP contribution in [0.4, 0.5) is 10.1 Å². The molecule has 0 amide bonds. The van der Waals surface area contributed by atoms with Crippen molar-refractivity contribution >= 4 is 17.4 Å². The number of halogens is 1. The molecule has 0 bridgehead atoms. The predicted molar refractivity (Wildman–Crippen MR) is 135 cm³/mol. The molecule has 37 heavy (non-hydrogen) atoms. The second kappa shape index (κ2) is 8.49. The molecule has 0 radical (unpaired) electrons. The number of carbonyl (C=O) groups excluding carboxylic acids is 1. The van der Waals surface area contributed by atoms with Crippen molar-refractivity contribution in [2.24, 2.45) is 10.9 Å². The van der Waals surface area contributed by atoms with Crippen molar-refractivity contribution in [3.63, 3.8) is 0 Å². The van der Waals surface area contributed by atoms with Crippen molar-refractivity contribution in [1.29, 1.82) is 0 Å². The van der Waals surface area contributed by atoms with Crippen molar-refractivity contribution in [3.8, 4) is 5.75 Å². The summed E-state index contributed by atoms with van der Waals surface area (Å²) < 4.78 is 27.2. The van der Waals surface area contributed by atoms with E-state index < -0.39 is 22.9 Å². The highest BCUT2D eigenvalue weighted by Crippen LogP contribution is 2.51. The summed E-state index contributed by atoms with van der Waals surface area (Å²) in [6.07, 6.45) is 3.34. The van der Waals surface area contributed by atoms with E-state index in [1.54, 1.807) is 17.6 Å². The minimum Gasteiger partial charge on any atom is -0.494 e. The molecule has 8 nitrogen and oxygen atoms in total. The third-order valence-corrected chi connectivity index (χ3v) is 9.01. The number of benzene rings is 1. The fourth-order valence-corrected chi connectivity index (χ4v) is 6.78. The van der Waals surface area contributed by atoms with E-state index in [4.69, 9.17) is 14.5 Å². The summed E-state index contributed by atoms with van der Waals surface area (Å²) in [5.74, 6) is -1.01. The highest BCUT2D eigenvalue weighted by atomic mass is 19.1. The Balaban J connectivity index is 1.59. The maximum Gasteiger partial charge on any atom is 0.309 e. The number of likely N-dealkylation sites (tertiary alicyclic amines) is 1. The molecule has 6 rings (SSSR count). The molecule has 0 aliphatic carbocycles. The van der Waals surface area contributed by atoms with Gasteiger partial charge in [-0.15, -0.1) is 0 Å². The Morgan fingerprint density at radius 1 is 1.19 bits per heavy atom. The summed E-state index contributed by atoms with van der Waals surface area (Å²) >= 11 is 0. The van der Waals surface area contributed by atoms with Crippen molar-refractivity contribution in [3.05, 3.63) is 56.8 Å². The minimum atomic E-state index is -1.50. The second-order valence-electron chi connectivity index (χ2n) is 10.8. The van der Waals surface area contributed by atoms with Crippen LogP contribution in [0.2, 0.25) is 0 Å². The molecule has 3 atom stereocenters. The van der Waals surface area contributed by atoms with Gasteiger partial charge < -0.3 is 19.1 Å². The number of fused-ring (bicyclic) bond motifs is 5. The summed E-state index contributed by atoms with van der Waals surface area (Å²) in [5, 5.41) is 11.4. The molecule has 1 aromatic heterocycles. The van der Waals surface area contributed by atoms with E-state index in [1.807, 2.05) is 6.07 Å². The van der Waals surface area contributed by atoms with Crippen LogP contribution in [-0.4, -0.2) is 46.5 Å². The molecule has 4 aliphatic rings. The first kappa shape index (κ1) is 24.3. The molecule has 5 heterocycles. The van der Waals surface area contributed by atoms with E-state index >= 15 is 0 Å². The Morgan fingerprint density at radius 2 is 1.95 bits per heavy atom. The van der Waals surface area contributed by atoms with Gasteiger partial charge in [-0.25, -0.2) is 4.39 Å². The summed E-state index contributed by atoms with van der Waals surface area (Å²) in [7, 11) is 1.46. The third kappa shape index (κ3) is 3.43.